The summed E-state index contributed by atoms with van der Waals surface area (Å²) in [6, 6.07) is 0. The highest BCUT2D eigenvalue weighted by molar-refractivity contribution is 6.30. The first-order chi connectivity index (χ1) is 8.28. The normalized spacial score (nSPS) is 21.9. The third-order valence-electron chi connectivity index (χ3n) is 2.96. The fourth-order valence-corrected chi connectivity index (χ4v) is 2.20. The Kier molecular flexibility index (Phi) is 4.79. The molecular weight excluding hydrogens is 240 g/mol. The van der Waals surface area contributed by atoms with Crippen molar-refractivity contribution in [3.05, 3.63) is 17.4 Å². The predicted molar refractivity (Wildman–Crippen MR) is 67.1 cm³/mol. The molecule has 2 rings (SSSR count). The Morgan fingerprint density at radius 2 is 2.41 bits per heavy atom. The smallest absolute Gasteiger partial charge is 0.0785 e. The van der Waals surface area contributed by atoms with E-state index in [0.29, 0.717) is 11.6 Å². The van der Waals surface area contributed by atoms with Gasteiger partial charge in [0.2, 0.25) is 0 Å². The van der Waals surface area contributed by atoms with Crippen molar-refractivity contribution in [2.45, 2.75) is 19.1 Å². The number of nitrogens with zero attached hydrogens (tertiary/aromatic N) is 3. The molecule has 5 nitrogen and oxygen atoms in total. The van der Waals surface area contributed by atoms with Crippen molar-refractivity contribution in [1.82, 2.24) is 14.7 Å². The zero-order valence-electron chi connectivity index (χ0n) is 9.89. The maximum Gasteiger partial charge on any atom is 0.0785 e. The molecule has 1 fully saturated rings. The van der Waals surface area contributed by atoms with Gasteiger partial charge in [0, 0.05) is 25.8 Å². The summed E-state index contributed by atoms with van der Waals surface area (Å²) in [5.74, 6) is 0. The number of ether oxygens (including phenoxy) is 1. The molecule has 0 saturated carbocycles. The second kappa shape index (κ2) is 6.35. The molecule has 0 spiro atoms. The molecule has 0 radical (unpaired) electrons. The quantitative estimate of drug-likeness (QED) is 0.840. The van der Waals surface area contributed by atoms with Gasteiger partial charge >= 0.3 is 0 Å². The molecule has 1 atom stereocenters. The van der Waals surface area contributed by atoms with Gasteiger partial charge in [-0.15, -0.1) is 0 Å². The largest absolute Gasteiger partial charge is 0.376 e. The van der Waals surface area contributed by atoms with Crippen LogP contribution in [0.15, 0.2) is 12.4 Å². The van der Waals surface area contributed by atoms with Crippen molar-refractivity contribution >= 4 is 11.6 Å². The van der Waals surface area contributed by atoms with Gasteiger partial charge in [0.15, 0.2) is 0 Å². The molecule has 0 amide bonds. The topological polar surface area (TPSA) is 56.3 Å². The van der Waals surface area contributed by atoms with Gasteiger partial charge in [-0.05, 0) is 13.0 Å². The Labute approximate surface area is 106 Å². The zero-order valence-corrected chi connectivity index (χ0v) is 10.6. The highest BCUT2D eigenvalue weighted by Gasteiger charge is 2.19. The van der Waals surface area contributed by atoms with Crippen LogP contribution in [0.2, 0.25) is 5.02 Å². The molecular formula is C11H19ClN4O. The molecule has 0 bridgehead atoms. The molecule has 2 heterocycles. The van der Waals surface area contributed by atoms with Crippen molar-refractivity contribution in [3.8, 4) is 0 Å². The van der Waals surface area contributed by atoms with E-state index < -0.39 is 0 Å². The standard InChI is InChI=1S/C11H19ClN4O/c12-10-7-14-16(8-10)4-3-15-5-6-17-11(9-15)1-2-13/h7-8,11H,1-6,9,13H2/t11-/m1/s1. The lowest BCUT2D eigenvalue weighted by atomic mass is 10.2. The molecule has 17 heavy (non-hydrogen) atoms. The zero-order chi connectivity index (χ0) is 12.1. The fourth-order valence-electron chi connectivity index (χ4n) is 2.05. The number of rotatable bonds is 5. The van der Waals surface area contributed by atoms with E-state index in [0.717, 1.165) is 39.2 Å². The van der Waals surface area contributed by atoms with E-state index in [1.54, 1.807) is 6.20 Å². The van der Waals surface area contributed by atoms with Crippen LogP contribution >= 0.6 is 11.6 Å². The lowest BCUT2D eigenvalue weighted by Gasteiger charge is -2.32. The molecule has 1 aliphatic heterocycles. The highest BCUT2D eigenvalue weighted by Crippen LogP contribution is 2.09. The lowest BCUT2D eigenvalue weighted by molar-refractivity contribution is -0.0317. The number of aromatic nitrogens is 2. The van der Waals surface area contributed by atoms with Crippen molar-refractivity contribution in [1.29, 1.82) is 0 Å². The molecule has 1 aliphatic rings. The van der Waals surface area contributed by atoms with Crippen molar-refractivity contribution in [2.24, 2.45) is 5.73 Å². The van der Waals surface area contributed by atoms with Crippen molar-refractivity contribution in [2.75, 3.05) is 32.8 Å². The van der Waals surface area contributed by atoms with E-state index in [2.05, 4.69) is 10.00 Å². The second-order valence-electron chi connectivity index (χ2n) is 4.29. The van der Waals surface area contributed by atoms with Crippen LogP contribution in [-0.4, -0.2) is 53.6 Å². The Balaban J connectivity index is 1.75. The average molecular weight is 259 g/mol. The van der Waals surface area contributed by atoms with Crippen LogP contribution in [0.5, 0.6) is 0 Å². The minimum absolute atomic E-state index is 0.287. The van der Waals surface area contributed by atoms with Gasteiger partial charge in [-0.25, -0.2) is 0 Å². The third-order valence-corrected chi connectivity index (χ3v) is 3.15. The lowest BCUT2D eigenvalue weighted by Crippen LogP contribution is -2.44. The Morgan fingerprint density at radius 3 is 3.12 bits per heavy atom. The maximum atomic E-state index is 5.82. The van der Waals surface area contributed by atoms with Gasteiger partial charge in [-0.2, -0.15) is 5.10 Å². The molecule has 6 heteroatoms. The molecule has 0 unspecified atom stereocenters. The van der Waals surface area contributed by atoms with Gasteiger partial charge in [0.25, 0.3) is 0 Å². The fraction of sp³-hybridized carbons (Fsp3) is 0.727. The van der Waals surface area contributed by atoms with Crippen molar-refractivity contribution in [3.63, 3.8) is 0 Å². The van der Waals surface area contributed by atoms with E-state index in [1.807, 2.05) is 10.9 Å². The average Bonchev–Trinajstić information content (AvgIpc) is 2.74. The first kappa shape index (κ1) is 12.8. The van der Waals surface area contributed by atoms with Crippen LogP contribution in [0, 0.1) is 0 Å². The number of hydrogen-bond donors (Lipinski definition) is 1. The summed E-state index contributed by atoms with van der Waals surface area (Å²) >= 11 is 5.82. The van der Waals surface area contributed by atoms with Gasteiger partial charge in [0.1, 0.15) is 0 Å². The molecule has 96 valence electrons. The Hall–Kier alpha value is -0.620. The number of halogens is 1. The molecule has 0 aromatic carbocycles. The summed E-state index contributed by atoms with van der Waals surface area (Å²) in [6.45, 7) is 5.27. The highest BCUT2D eigenvalue weighted by atomic mass is 35.5. The van der Waals surface area contributed by atoms with Crippen molar-refractivity contribution < 1.29 is 4.74 Å². The van der Waals surface area contributed by atoms with E-state index in [1.165, 1.54) is 0 Å². The first-order valence-corrected chi connectivity index (χ1v) is 6.37. The van der Waals surface area contributed by atoms with Crippen LogP contribution in [0.25, 0.3) is 0 Å². The summed E-state index contributed by atoms with van der Waals surface area (Å²) in [4.78, 5) is 2.39. The van der Waals surface area contributed by atoms with Gasteiger partial charge in [0.05, 0.1) is 30.5 Å². The predicted octanol–water partition coefficient (Wildman–Crippen LogP) is 0.586. The summed E-state index contributed by atoms with van der Waals surface area (Å²) in [7, 11) is 0. The van der Waals surface area contributed by atoms with E-state index >= 15 is 0 Å². The maximum absolute atomic E-state index is 5.82. The molecule has 2 N–H and O–H groups in total. The van der Waals surface area contributed by atoms with Crippen LogP contribution in [0.4, 0.5) is 0 Å². The van der Waals surface area contributed by atoms with Gasteiger partial charge in [-0.3, -0.25) is 9.58 Å². The second-order valence-corrected chi connectivity index (χ2v) is 4.73. The molecule has 1 aromatic heterocycles. The monoisotopic (exact) mass is 258 g/mol. The van der Waals surface area contributed by atoms with Gasteiger partial charge in [-0.1, -0.05) is 11.6 Å². The summed E-state index contributed by atoms with van der Waals surface area (Å²) in [6.07, 6.45) is 4.73. The summed E-state index contributed by atoms with van der Waals surface area (Å²) in [5, 5.41) is 4.85. The minimum atomic E-state index is 0.287. The van der Waals surface area contributed by atoms with E-state index in [-0.39, 0.29) is 6.10 Å². The minimum Gasteiger partial charge on any atom is -0.376 e. The molecule has 1 saturated heterocycles. The SMILES string of the molecule is NCC[C@@H]1CN(CCn2cc(Cl)cn2)CCO1. The molecule has 1 aromatic rings. The number of nitrogens with two attached hydrogens (primary N) is 1. The number of morpholine rings is 1. The van der Waals surface area contributed by atoms with Gasteiger partial charge < -0.3 is 10.5 Å². The summed E-state index contributed by atoms with van der Waals surface area (Å²) < 4.78 is 7.51. The Morgan fingerprint density at radius 1 is 1.53 bits per heavy atom. The van der Waals surface area contributed by atoms with Crippen LogP contribution in [-0.2, 0) is 11.3 Å². The first-order valence-electron chi connectivity index (χ1n) is 6.00. The van der Waals surface area contributed by atoms with E-state index in [4.69, 9.17) is 22.1 Å². The third kappa shape index (κ3) is 3.96. The van der Waals surface area contributed by atoms with E-state index in [9.17, 15) is 0 Å². The van der Waals surface area contributed by atoms with Crippen LogP contribution < -0.4 is 5.73 Å². The van der Waals surface area contributed by atoms with Crippen LogP contribution in [0.3, 0.4) is 0 Å². The number of hydrogen-bond acceptors (Lipinski definition) is 4. The Bertz CT molecular complexity index is 342. The summed E-state index contributed by atoms with van der Waals surface area (Å²) in [5.41, 5.74) is 5.55. The van der Waals surface area contributed by atoms with Crippen LogP contribution in [0.1, 0.15) is 6.42 Å². The molecule has 0 aliphatic carbocycles.